The third-order valence-electron chi connectivity index (χ3n) is 5.40. The van der Waals surface area contributed by atoms with E-state index in [4.69, 9.17) is 4.74 Å². The summed E-state index contributed by atoms with van der Waals surface area (Å²) < 4.78 is 5.13. The second kappa shape index (κ2) is 14.0. The van der Waals surface area contributed by atoms with E-state index >= 15 is 0 Å². The molecule has 0 bridgehead atoms. The summed E-state index contributed by atoms with van der Waals surface area (Å²) in [4.78, 5) is 30.9. The minimum absolute atomic E-state index is 0. The normalized spacial score (nSPS) is 18.9. The second-order valence-electron chi connectivity index (χ2n) is 7.37. The van der Waals surface area contributed by atoms with Crippen molar-refractivity contribution in [1.29, 1.82) is 0 Å². The molecular weight excluding hydrogens is 471 g/mol. The molecule has 0 spiro atoms. The minimum Gasteiger partial charge on any atom is -0.466 e. The van der Waals surface area contributed by atoms with E-state index in [1.54, 1.807) is 0 Å². The van der Waals surface area contributed by atoms with Gasteiger partial charge in [-0.15, -0.1) is 24.0 Å². The Morgan fingerprint density at radius 1 is 1.00 bits per heavy atom. The molecule has 8 heteroatoms. The molecule has 7 nitrogen and oxygen atoms in total. The second-order valence-corrected chi connectivity index (χ2v) is 7.37. The Balaban J connectivity index is 0.00000392. The Labute approximate surface area is 186 Å². The number of piperidine rings is 1. The van der Waals surface area contributed by atoms with Crippen molar-refractivity contribution in [2.75, 3.05) is 39.3 Å². The standard InChI is InChI=1S/C20H36N4O3.HI/c1-3-21-20(24-14-10-17(11-15-24)19(26)27-4-2)23-13-12-22-18(25)16-8-6-5-7-9-16;/h16-17H,3-15H2,1-2H3,(H,21,23)(H,22,25);1H. The molecule has 0 aromatic heterocycles. The number of hydrogen-bond acceptors (Lipinski definition) is 4. The Kier molecular flexibility index (Phi) is 12.5. The first-order valence-electron chi connectivity index (χ1n) is 10.6. The van der Waals surface area contributed by atoms with Crippen LogP contribution in [-0.2, 0) is 14.3 Å². The van der Waals surface area contributed by atoms with Crippen LogP contribution in [0.25, 0.3) is 0 Å². The van der Waals surface area contributed by atoms with Gasteiger partial charge in [-0.3, -0.25) is 14.6 Å². The van der Waals surface area contributed by atoms with Gasteiger partial charge in [0.2, 0.25) is 5.91 Å². The van der Waals surface area contributed by atoms with Crippen LogP contribution in [0.4, 0.5) is 0 Å². The highest BCUT2D eigenvalue weighted by Crippen LogP contribution is 2.23. The van der Waals surface area contributed by atoms with Gasteiger partial charge in [-0.25, -0.2) is 0 Å². The van der Waals surface area contributed by atoms with E-state index in [2.05, 4.69) is 20.5 Å². The molecule has 2 rings (SSSR count). The van der Waals surface area contributed by atoms with E-state index < -0.39 is 0 Å². The van der Waals surface area contributed by atoms with Gasteiger partial charge in [-0.1, -0.05) is 19.3 Å². The van der Waals surface area contributed by atoms with E-state index in [0.717, 1.165) is 51.3 Å². The lowest BCUT2D eigenvalue weighted by atomic mass is 9.89. The lowest BCUT2D eigenvalue weighted by Gasteiger charge is -2.33. The molecule has 2 fully saturated rings. The maximum absolute atomic E-state index is 12.2. The number of amides is 1. The highest BCUT2D eigenvalue weighted by Gasteiger charge is 2.27. The Hall–Kier alpha value is -1.06. The average Bonchev–Trinajstić information content (AvgIpc) is 2.71. The van der Waals surface area contributed by atoms with Crippen molar-refractivity contribution in [2.24, 2.45) is 16.8 Å². The van der Waals surface area contributed by atoms with Crippen LogP contribution < -0.4 is 10.6 Å². The smallest absolute Gasteiger partial charge is 0.309 e. The van der Waals surface area contributed by atoms with Crippen molar-refractivity contribution < 1.29 is 14.3 Å². The molecule has 1 saturated carbocycles. The third-order valence-corrected chi connectivity index (χ3v) is 5.40. The molecule has 2 N–H and O–H groups in total. The average molecular weight is 508 g/mol. The summed E-state index contributed by atoms with van der Waals surface area (Å²) in [6.45, 7) is 7.86. The van der Waals surface area contributed by atoms with Crippen LogP contribution in [0.2, 0.25) is 0 Å². The number of carbonyl (C=O) groups is 2. The molecule has 1 amide bonds. The molecule has 0 unspecified atom stereocenters. The number of esters is 1. The summed E-state index contributed by atoms with van der Waals surface area (Å²) in [5.41, 5.74) is 0. The van der Waals surface area contributed by atoms with Crippen LogP contribution in [0.5, 0.6) is 0 Å². The van der Waals surface area contributed by atoms with Gasteiger partial charge in [0.25, 0.3) is 0 Å². The van der Waals surface area contributed by atoms with Crippen LogP contribution in [0.3, 0.4) is 0 Å². The van der Waals surface area contributed by atoms with Crippen LogP contribution in [0.15, 0.2) is 4.99 Å². The Bertz CT molecular complexity index is 502. The molecule has 0 aromatic rings. The van der Waals surface area contributed by atoms with Crippen LogP contribution in [-0.4, -0.2) is 62.1 Å². The molecule has 0 atom stereocenters. The number of guanidine groups is 1. The number of ether oxygens (including phenoxy) is 1. The van der Waals surface area contributed by atoms with E-state index in [0.29, 0.717) is 19.7 Å². The number of rotatable bonds is 7. The minimum atomic E-state index is -0.0792. The fraction of sp³-hybridized carbons (Fsp3) is 0.850. The molecular formula is C20H37IN4O3. The summed E-state index contributed by atoms with van der Waals surface area (Å²) in [6.07, 6.45) is 7.22. The zero-order valence-corrected chi connectivity index (χ0v) is 19.7. The SMILES string of the molecule is CCNC(=NCCNC(=O)C1CCCCC1)N1CCC(C(=O)OCC)CC1.I. The van der Waals surface area contributed by atoms with Gasteiger partial charge in [-0.2, -0.15) is 0 Å². The fourth-order valence-electron chi connectivity index (χ4n) is 3.86. The summed E-state index contributed by atoms with van der Waals surface area (Å²) >= 11 is 0. The summed E-state index contributed by atoms with van der Waals surface area (Å²) in [5, 5.41) is 6.36. The van der Waals surface area contributed by atoms with E-state index in [9.17, 15) is 9.59 Å². The van der Waals surface area contributed by atoms with Gasteiger partial charge >= 0.3 is 5.97 Å². The molecule has 1 heterocycles. The Morgan fingerprint density at radius 2 is 1.68 bits per heavy atom. The number of aliphatic imine (C=N–C) groups is 1. The summed E-state index contributed by atoms with van der Waals surface area (Å²) in [6, 6.07) is 0. The number of likely N-dealkylation sites (tertiary alicyclic amines) is 1. The predicted octanol–water partition coefficient (Wildman–Crippen LogP) is 2.54. The molecule has 162 valence electrons. The lowest BCUT2D eigenvalue weighted by Crippen LogP contribution is -2.47. The highest BCUT2D eigenvalue weighted by molar-refractivity contribution is 14.0. The summed E-state index contributed by atoms with van der Waals surface area (Å²) in [7, 11) is 0. The Morgan fingerprint density at radius 3 is 2.29 bits per heavy atom. The quantitative estimate of drug-likeness (QED) is 0.182. The maximum atomic E-state index is 12.2. The van der Waals surface area contributed by atoms with Crippen molar-refractivity contribution in [1.82, 2.24) is 15.5 Å². The van der Waals surface area contributed by atoms with Crippen LogP contribution >= 0.6 is 24.0 Å². The van der Waals surface area contributed by atoms with E-state index in [1.165, 1.54) is 19.3 Å². The van der Waals surface area contributed by atoms with Gasteiger partial charge in [-0.05, 0) is 39.5 Å². The largest absolute Gasteiger partial charge is 0.466 e. The topological polar surface area (TPSA) is 83.0 Å². The number of nitrogens with one attached hydrogen (secondary N) is 2. The molecule has 1 saturated heterocycles. The maximum Gasteiger partial charge on any atom is 0.309 e. The first-order chi connectivity index (χ1) is 13.2. The fourth-order valence-corrected chi connectivity index (χ4v) is 3.86. The van der Waals surface area contributed by atoms with Crippen molar-refractivity contribution in [3.63, 3.8) is 0 Å². The molecule has 0 aromatic carbocycles. The van der Waals surface area contributed by atoms with Crippen molar-refractivity contribution in [3.05, 3.63) is 0 Å². The molecule has 0 radical (unpaired) electrons. The third kappa shape index (κ3) is 8.13. The molecule has 28 heavy (non-hydrogen) atoms. The first-order valence-corrected chi connectivity index (χ1v) is 10.6. The van der Waals surface area contributed by atoms with Gasteiger partial charge in [0, 0.05) is 32.1 Å². The predicted molar refractivity (Wildman–Crippen MR) is 122 cm³/mol. The molecule has 2 aliphatic rings. The van der Waals surface area contributed by atoms with Crippen molar-refractivity contribution in [3.8, 4) is 0 Å². The van der Waals surface area contributed by atoms with Gasteiger partial charge in [0.15, 0.2) is 5.96 Å². The van der Waals surface area contributed by atoms with Gasteiger partial charge < -0.3 is 20.3 Å². The lowest BCUT2D eigenvalue weighted by molar-refractivity contribution is -0.149. The number of carbonyl (C=O) groups excluding carboxylic acids is 2. The zero-order chi connectivity index (χ0) is 19.5. The van der Waals surface area contributed by atoms with Crippen LogP contribution in [0.1, 0.15) is 58.8 Å². The zero-order valence-electron chi connectivity index (χ0n) is 17.4. The van der Waals surface area contributed by atoms with Gasteiger partial charge in [0.1, 0.15) is 0 Å². The highest BCUT2D eigenvalue weighted by atomic mass is 127. The van der Waals surface area contributed by atoms with Crippen LogP contribution in [0, 0.1) is 11.8 Å². The van der Waals surface area contributed by atoms with Crippen molar-refractivity contribution in [2.45, 2.75) is 58.8 Å². The summed E-state index contributed by atoms with van der Waals surface area (Å²) in [5.74, 6) is 1.16. The van der Waals surface area contributed by atoms with Gasteiger partial charge in [0.05, 0.1) is 19.1 Å². The number of hydrogen-bond donors (Lipinski definition) is 2. The van der Waals surface area contributed by atoms with E-state index in [1.807, 2.05) is 13.8 Å². The van der Waals surface area contributed by atoms with E-state index in [-0.39, 0.29) is 47.7 Å². The first kappa shape index (κ1) is 25.0. The van der Waals surface area contributed by atoms with Crippen molar-refractivity contribution >= 4 is 41.8 Å². The molecule has 1 aliphatic heterocycles. The molecule has 1 aliphatic carbocycles. The number of halogens is 1. The number of nitrogens with zero attached hydrogens (tertiary/aromatic N) is 2. The monoisotopic (exact) mass is 508 g/mol.